The van der Waals surface area contributed by atoms with Crippen molar-refractivity contribution < 1.29 is 16.8 Å². The minimum absolute atomic E-state index is 0.102. The minimum atomic E-state index is -3.85. The van der Waals surface area contributed by atoms with Gasteiger partial charge in [-0.1, -0.05) is 12.1 Å². The van der Waals surface area contributed by atoms with Crippen LogP contribution in [0.25, 0.3) is 0 Å². The Morgan fingerprint density at radius 3 is 2.09 bits per heavy atom. The lowest BCUT2D eigenvalue weighted by molar-refractivity contribution is 0.306. The number of rotatable bonds is 5. The number of benzene rings is 1. The van der Waals surface area contributed by atoms with Gasteiger partial charge >= 0.3 is 0 Å². The van der Waals surface area contributed by atoms with Gasteiger partial charge in [-0.05, 0) is 32.5 Å². The molecule has 130 valence electrons. The molecule has 23 heavy (non-hydrogen) atoms. The molecule has 0 saturated carbocycles. The van der Waals surface area contributed by atoms with Crippen LogP contribution in [0.15, 0.2) is 34.1 Å². The Kier molecular flexibility index (Phi) is 5.47. The van der Waals surface area contributed by atoms with Gasteiger partial charge in [0.15, 0.2) is 9.84 Å². The Hall–Kier alpha value is -0.610. The van der Waals surface area contributed by atoms with Gasteiger partial charge in [-0.2, -0.15) is 16.1 Å². The first-order valence-corrected chi connectivity index (χ1v) is 11.7. The van der Waals surface area contributed by atoms with Crippen molar-refractivity contribution in [1.29, 1.82) is 0 Å². The Bertz CT molecular complexity index is 775. The molecule has 1 aromatic rings. The standard InChI is InChI=1S/C14H22N2O4S3/c1-15(2)11-9-16(10-12(11)21-3)23(19,20)14-8-6-5-7-13(14)22(4,17)18/h5-8,11-12H,9-10H2,1-4H3/t11-,12+/m1/s1. The van der Waals surface area contributed by atoms with E-state index >= 15 is 0 Å². The van der Waals surface area contributed by atoms with Gasteiger partial charge < -0.3 is 4.90 Å². The smallest absolute Gasteiger partial charge is 0.244 e. The maximum Gasteiger partial charge on any atom is 0.244 e. The topological polar surface area (TPSA) is 74.8 Å². The summed E-state index contributed by atoms with van der Waals surface area (Å²) in [4.78, 5) is 1.73. The molecular formula is C14H22N2O4S3. The third-order valence-electron chi connectivity index (χ3n) is 4.04. The van der Waals surface area contributed by atoms with E-state index in [9.17, 15) is 16.8 Å². The number of hydrogen-bond acceptors (Lipinski definition) is 6. The van der Waals surface area contributed by atoms with E-state index in [1.807, 2.05) is 25.3 Å². The van der Waals surface area contributed by atoms with Crippen molar-refractivity contribution in [2.24, 2.45) is 0 Å². The SMILES string of the molecule is CS[C@H]1CN(S(=O)(=O)c2ccccc2S(C)(=O)=O)C[C@H]1N(C)C. The second-order valence-electron chi connectivity index (χ2n) is 5.85. The normalized spacial score (nSPS) is 23.5. The summed E-state index contributed by atoms with van der Waals surface area (Å²) in [5.41, 5.74) is 0. The third-order valence-corrected chi connectivity index (χ3v) is 8.28. The first-order chi connectivity index (χ1) is 10.6. The van der Waals surface area contributed by atoms with Gasteiger partial charge in [-0.15, -0.1) is 0 Å². The fourth-order valence-corrected chi connectivity index (χ4v) is 6.91. The van der Waals surface area contributed by atoms with Crippen molar-refractivity contribution in [1.82, 2.24) is 9.21 Å². The Morgan fingerprint density at radius 1 is 1.09 bits per heavy atom. The molecule has 2 atom stereocenters. The lowest BCUT2D eigenvalue weighted by atomic mass is 10.2. The van der Waals surface area contributed by atoms with Crippen molar-refractivity contribution in [3.8, 4) is 0 Å². The van der Waals surface area contributed by atoms with Crippen LogP contribution >= 0.6 is 11.8 Å². The zero-order valence-electron chi connectivity index (χ0n) is 13.6. The summed E-state index contributed by atoms with van der Waals surface area (Å²) in [7, 11) is -3.61. The second kappa shape index (κ2) is 6.72. The summed E-state index contributed by atoms with van der Waals surface area (Å²) >= 11 is 1.63. The summed E-state index contributed by atoms with van der Waals surface area (Å²) in [6, 6.07) is 5.89. The fourth-order valence-electron chi connectivity index (χ4n) is 2.76. The monoisotopic (exact) mass is 378 g/mol. The number of sulfone groups is 1. The van der Waals surface area contributed by atoms with Crippen LogP contribution in [-0.4, -0.2) is 77.0 Å². The lowest BCUT2D eigenvalue weighted by Gasteiger charge is -2.23. The average Bonchev–Trinajstić information content (AvgIpc) is 2.91. The van der Waals surface area contributed by atoms with E-state index in [2.05, 4.69) is 0 Å². The Balaban J connectivity index is 2.45. The summed E-state index contributed by atoms with van der Waals surface area (Å²) in [6.07, 6.45) is 2.99. The van der Waals surface area contributed by atoms with Crippen LogP contribution in [0, 0.1) is 0 Å². The predicted octanol–water partition coefficient (Wildman–Crippen LogP) is 0.756. The predicted molar refractivity (Wildman–Crippen MR) is 93.1 cm³/mol. The van der Waals surface area contributed by atoms with E-state index in [0.29, 0.717) is 13.1 Å². The summed E-state index contributed by atoms with van der Waals surface area (Å²) in [6.45, 7) is 0.739. The van der Waals surface area contributed by atoms with Crippen molar-refractivity contribution in [2.45, 2.75) is 21.1 Å². The van der Waals surface area contributed by atoms with Crippen molar-refractivity contribution in [3.05, 3.63) is 24.3 Å². The van der Waals surface area contributed by atoms with E-state index in [-0.39, 0.29) is 21.1 Å². The minimum Gasteiger partial charge on any atom is -0.304 e. The van der Waals surface area contributed by atoms with Crippen LogP contribution in [0.5, 0.6) is 0 Å². The Morgan fingerprint density at radius 2 is 1.65 bits per heavy atom. The van der Waals surface area contributed by atoms with Gasteiger partial charge in [0.2, 0.25) is 10.0 Å². The van der Waals surface area contributed by atoms with E-state index in [1.165, 1.54) is 22.5 Å². The van der Waals surface area contributed by atoms with E-state index in [1.54, 1.807) is 17.8 Å². The second-order valence-corrected chi connectivity index (χ2v) is 10.8. The molecule has 9 heteroatoms. The highest BCUT2D eigenvalue weighted by Gasteiger charge is 2.41. The molecule has 0 aliphatic carbocycles. The fraction of sp³-hybridized carbons (Fsp3) is 0.571. The number of likely N-dealkylation sites (N-methyl/N-ethyl adjacent to an activating group) is 1. The van der Waals surface area contributed by atoms with Crippen LogP contribution in [-0.2, 0) is 19.9 Å². The molecule has 1 aliphatic rings. The van der Waals surface area contributed by atoms with Gasteiger partial charge in [0.05, 0.1) is 4.90 Å². The highest BCUT2D eigenvalue weighted by molar-refractivity contribution is 7.99. The first-order valence-electron chi connectivity index (χ1n) is 7.07. The number of thioether (sulfide) groups is 1. The molecule has 0 spiro atoms. The summed E-state index contributed by atoms with van der Waals surface area (Å²) < 4.78 is 51.1. The molecule has 1 heterocycles. The van der Waals surface area contributed by atoms with Crippen LogP contribution in [0.1, 0.15) is 0 Å². The molecule has 0 unspecified atom stereocenters. The first kappa shape index (κ1) is 18.7. The van der Waals surface area contributed by atoms with E-state index < -0.39 is 19.9 Å². The van der Waals surface area contributed by atoms with Crippen LogP contribution in [0.3, 0.4) is 0 Å². The maximum atomic E-state index is 13.0. The van der Waals surface area contributed by atoms with Gasteiger partial charge in [0.25, 0.3) is 0 Å². The zero-order valence-corrected chi connectivity index (χ0v) is 16.1. The lowest BCUT2D eigenvalue weighted by Crippen LogP contribution is -2.37. The van der Waals surface area contributed by atoms with Gasteiger partial charge in [-0.25, -0.2) is 16.8 Å². The molecule has 6 nitrogen and oxygen atoms in total. The molecule has 1 fully saturated rings. The number of nitrogens with zero attached hydrogens (tertiary/aromatic N) is 2. The molecule has 1 aliphatic heterocycles. The number of hydrogen-bond donors (Lipinski definition) is 0. The van der Waals surface area contributed by atoms with Crippen molar-refractivity contribution in [3.63, 3.8) is 0 Å². The molecule has 0 radical (unpaired) electrons. The highest BCUT2D eigenvalue weighted by atomic mass is 32.2. The molecule has 1 saturated heterocycles. The number of sulfonamides is 1. The zero-order chi connectivity index (χ0) is 17.4. The van der Waals surface area contributed by atoms with Gasteiger partial charge in [0, 0.05) is 30.6 Å². The highest BCUT2D eigenvalue weighted by Crippen LogP contribution is 2.31. The molecule has 0 N–H and O–H groups in total. The van der Waals surface area contributed by atoms with Gasteiger partial charge in [-0.3, -0.25) is 0 Å². The molecule has 2 rings (SSSR count). The van der Waals surface area contributed by atoms with Crippen molar-refractivity contribution in [2.75, 3.05) is 39.7 Å². The van der Waals surface area contributed by atoms with E-state index in [4.69, 9.17) is 0 Å². The van der Waals surface area contributed by atoms with Crippen LogP contribution < -0.4 is 0 Å². The third kappa shape index (κ3) is 3.74. The van der Waals surface area contributed by atoms with Gasteiger partial charge in [0.1, 0.15) is 4.90 Å². The maximum absolute atomic E-state index is 13.0. The molecular weight excluding hydrogens is 356 g/mol. The summed E-state index contributed by atoms with van der Waals surface area (Å²) in [5.74, 6) is 0. The quantitative estimate of drug-likeness (QED) is 0.753. The van der Waals surface area contributed by atoms with E-state index in [0.717, 1.165) is 6.26 Å². The molecule has 1 aromatic carbocycles. The van der Waals surface area contributed by atoms with Crippen LogP contribution in [0.4, 0.5) is 0 Å². The van der Waals surface area contributed by atoms with Crippen LogP contribution in [0.2, 0.25) is 0 Å². The summed E-state index contributed by atoms with van der Waals surface area (Å²) in [5, 5.41) is 0.158. The van der Waals surface area contributed by atoms with Crippen molar-refractivity contribution >= 4 is 31.6 Å². The molecule has 0 amide bonds. The molecule has 0 bridgehead atoms. The average molecular weight is 379 g/mol. The Labute approximate surface area is 142 Å². The largest absolute Gasteiger partial charge is 0.304 e. The molecule has 0 aromatic heterocycles.